The van der Waals surface area contributed by atoms with Gasteiger partial charge in [-0.15, -0.1) is 47.6 Å². The number of hydrogen-bond donors (Lipinski definition) is 0. The normalized spacial score (nSPS) is 13.0. The number of aryl methyl sites for hydroxylation is 1. The van der Waals surface area contributed by atoms with Crippen LogP contribution < -0.4 is 4.90 Å². The van der Waals surface area contributed by atoms with Crippen LogP contribution in [0.4, 0.5) is 5.69 Å². The van der Waals surface area contributed by atoms with Crippen LogP contribution in [0.1, 0.15) is 0 Å². The predicted octanol–water partition coefficient (Wildman–Crippen LogP) is 8.49. The van der Waals surface area contributed by atoms with Crippen molar-refractivity contribution >= 4 is 49.4 Å². The van der Waals surface area contributed by atoms with Crippen molar-refractivity contribution in [1.29, 1.82) is 0 Å². The molecule has 0 atom stereocenters. The Morgan fingerprint density at radius 1 is 0.696 bits per heavy atom. The van der Waals surface area contributed by atoms with Gasteiger partial charge in [-0.2, -0.15) is 12.7 Å². The van der Waals surface area contributed by atoms with Gasteiger partial charge in [0.15, 0.2) is 0 Å². The third kappa shape index (κ3) is 4.52. The minimum atomic E-state index is 0. The maximum atomic E-state index is 5.08. The molecule has 8 aromatic rings. The third-order valence-corrected chi connectivity index (χ3v) is 8.69. The second kappa shape index (κ2) is 11.0. The molecule has 9 rings (SSSR count). The molecule has 7 heteroatoms. The number of pyridine rings is 1. The fourth-order valence-corrected chi connectivity index (χ4v) is 6.43. The quantitative estimate of drug-likeness (QED) is 0.168. The summed E-state index contributed by atoms with van der Waals surface area (Å²) in [5.41, 5.74) is 8.98. The number of anilines is 1. The average Bonchev–Trinajstić information content (AvgIpc) is 3.77. The van der Waals surface area contributed by atoms with Gasteiger partial charge in [-0.3, -0.25) is 4.98 Å². The molecule has 4 heterocycles. The van der Waals surface area contributed by atoms with Crippen LogP contribution in [0.3, 0.4) is 0 Å². The van der Waals surface area contributed by atoms with E-state index < -0.39 is 0 Å². The van der Waals surface area contributed by atoms with Crippen molar-refractivity contribution in [3.05, 3.63) is 141 Å². The van der Waals surface area contributed by atoms with Crippen LogP contribution in [-0.2, 0) is 28.1 Å². The molecule has 0 N–H and O–H groups in total. The van der Waals surface area contributed by atoms with Crippen LogP contribution in [0.15, 0.2) is 122 Å². The Bertz CT molecular complexity index is 2470. The minimum Gasteiger partial charge on any atom is -0.510 e. The summed E-state index contributed by atoms with van der Waals surface area (Å²) in [4.78, 5) is 14.0. The zero-order valence-corrected chi connectivity index (χ0v) is 27.4. The second-order valence-corrected chi connectivity index (χ2v) is 11.5. The van der Waals surface area contributed by atoms with Crippen LogP contribution in [-0.4, -0.2) is 31.0 Å². The Labute approximate surface area is 281 Å². The van der Waals surface area contributed by atoms with Crippen LogP contribution >= 0.6 is 0 Å². The summed E-state index contributed by atoms with van der Waals surface area (Å²) in [6, 6.07) is 43.6. The van der Waals surface area contributed by atoms with Gasteiger partial charge < -0.3 is 18.9 Å². The van der Waals surface area contributed by atoms with E-state index in [1.54, 1.807) is 0 Å². The number of nitrogens with zero attached hydrogens (tertiary/aromatic N) is 6. The largest absolute Gasteiger partial charge is 0.510 e. The molecular weight excluding hydrogens is 748 g/mol. The van der Waals surface area contributed by atoms with E-state index in [1.807, 2.05) is 43.3 Å². The van der Waals surface area contributed by atoms with Crippen LogP contribution in [0.25, 0.3) is 71.9 Å². The standard InChI is InChI=1S/C39H27N6.Pt/c1-42-19-20-44(25-42)31-9-5-10-32(24-31)45-36-23-30(14-16-33(36)34-11-6-18-40-39(34)45)38-41-35-17-15-29(22-37(35)43(38)2)28-13-12-26-7-3-4-8-27(26)21-28;/h3-22,25H,1-2H3;/q-3;. The van der Waals surface area contributed by atoms with Crippen molar-refractivity contribution in [2.45, 2.75) is 0 Å². The van der Waals surface area contributed by atoms with Crippen molar-refractivity contribution in [2.75, 3.05) is 11.9 Å². The molecule has 0 saturated heterocycles. The van der Waals surface area contributed by atoms with Gasteiger partial charge in [0.05, 0.1) is 16.9 Å². The number of aromatic nitrogens is 4. The maximum absolute atomic E-state index is 5.08. The molecule has 0 amide bonds. The number of rotatable bonds is 4. The Morgan fingerprint density at radius 2 is 1.52 bits per heavy atom. The molecule has 6 nitrogen and oxygen atoms in total. The average molecular weight is 775 g/mol. The van der Waals surface area contributed by atoms with Crippen molar-refractivity contribution < 1.29 is 21.1 Å². The Balaban J connectivity index is 0.00000312. The molecule has 3 aromatic heterocycles. The molecule has 226 valence electrons. The van der Waals surface area contributed by atoms with Gasteiger partial charge in [0, 0.05) is 34.3 Å². The minimum absolute atomic E-state index is 0. The van der Waals surface area contributed by atoms with E-state index in [1.165, 1.54) is 21.9 Å². The molecule has 0 aliphatic carbocycles. The Hall–Kier alpha value is -5.19. The van der Waals surface area contributed by atoms with Crippen molar-refractivity contribution in [2.24, 2.45) is 7.05 Å². The maximum Gasteiger partial charge on any atom is 0.132 e. The first-order chi connectivity index (χ1) is 22.1. The van der Waals surface area contributed by atoms with E-state index in [-0.39, 0.29) is 21.1 Å². The molecule has 0 saturated carbocycles. The Kier molecular flexibility index (Phi) is 6.77. The van der Waals surface area contributed by atoms with Crippen LogP contribution in [0.5, 0.6) is 0 Å². The summed E-state index contributed by atoms with van der Waals surface area (Å²) in [5, 5.41) is 4.64. The van der Waals surface area contributed by atoms with Gasteiger partial charge >= 0.3 is 0 Å². The molecule has 0 radical (unpaired) electrons. The van der Waals surface area contributed by atoms with Crippen LogP contribution in [0, 0.1) is 18.8 Å². The summed E-state index contributed by atoms with van der Waals surface area (Å²) < 4.78 is 4.32. The molecule has 1 aliphatic rings. The van der Waals surface area contributed by atoms with Gasteiger partial charge in [0.2, 0.25) is 0 Å². The van der Waals surface area contributed by atoms with Gasteiger partial charge in [-0.1, -0.05) is 59.6 Å². The summed E-state index contributed by atoms with van der Waals surface area (Å²) in [6.07, 6.45) is 5.89. The summed E-state index contributed by atoms with van der Waals surface area (Å²) in [6.45, 7) is 2.03. The molecule has 0 unspecified atom stereocenters. The van der Waals surface area contributed by atoms with Gasteiger partial charge in [-0.05, 0) is 76.5 Å². The number of fused-ring (bicyclic) bond motifs is 5. The van der Waals surface area contributed by atoms with Gasteiger partial charge in [-0.25, -0.2) is 4.98 Å². The summed E-state index contributed by atoms with van der Waals surface area (Å²) >= 11 is 0. The molecule has 0 fully saturated rings. The number of hydrogen-bond acceptors (Lipinski definition) is 4. The first-order valence-corrected chi connectivity index (χ1v) is 14.9. The van der Waals surface area contributed by atoms with E-state index in [0.717, 1.165) is 55.7 Å². The summed E-state index contributed by atoms with van der Waals surface area (Å²) in [7, 11) is 4.09. The zero-order valence-electron chi connectivity index (χ0n) is 25.1. The number of imidazole rings is 1. The van der Waals surface area contributed by atoms with E-state index in [4.69, 9.17) is 9.97 Å². The molecule has 46 heavy (non-hydrogen) atoms. The number of benzene rings is 5. The van der Waals surface area contributed by atoms with E-state index in [9.17, 15) is 0 Å². The van der Waals surface area contributed by atoms with Gasteiger partial charge in [0.25, 0.3) is 0 Å². The topological polar surface area (TPSA) is 42.1 Å². The Morgan fingerprint density at radius 3 is 2.39 bits per heavy atom. The van der Waals surface area contributed by atoms with Crippen molar-refractivity contribution in [1.82, 2.24) is 24.0 Å². The molecule has 0 spiro atoms. The SMILES string of the molecule is CN1C=CN(c2[c-]c(-n3c4[c-]c(-c5nc6ccc(-c7ccc8ccccc8c7)cc6n5C)ccc4c4cccnc43)ccc2)[CH-]1.[Pt]. The molecular formula is C39H27N6Pt-3. The molecule has 0 bridgehead atoms. The molecule has 5 aromatic carbocycles. The fourth-order valence-electron chi connectivity index (χ4n) is 6.43. The fraction of sp³-hybridized carbons (Fsp3) is 0.0513. The first-order valence-electron chi connectivity index (χ1n) is 14.9. The van der Waals surface area contributed by atoms with Gasteiger partial charge in [0.1, 0.15) is 5.65 Å². The van der Waals surface area contributed by atoms with Crippen molar-refractivity contribution in [3.63, 3.8) is 0 Å². The van der Waals surface area contributed by atoms with E-state index >= 15 is 0 Å². The van der Waals surface area contributed by atoms with E-state index in [0.29, 0.717) is 0 Å². The monoisotopic (exact) mass is 774 g/mol. The second-order valence-electron chi connectivity index (χ2n) is 11.5. The predicted molar refractivity (Wildman–Crippen MR) is 183 cm³/mol. The third-order valence-electron chi connectivity index (χ3n) is 8.69. The van der Waals surface area contributed by atoms with Crippen molar-refractivity contribution in [3.8, 4) is 28.2 Å². The smallest absolute Gasteiger partial charge is 0.132 e. The first kappa shape index (κ1) is 28.3. The summed E-state index contributed by atoms with van der Waals surface area (Å²) in [5.74, 6) is 0.866. The zero-order chi connectivity index (χ0) is 30.1. The van der Waals surface area contributed by atoms with Crippen LogP contribution in [0.2, 0.25) is 0 Å². The van der Waals surface area contributed by atoms with E-state index in [2.05, 4.69) is 130 Å². The molecule has 1 aliphatic heterocycles.